The van der Waals surface area contributed by atoms with Gasteiger partial charge in [-0.3, -0.25) is 0 Å². The second-order valence-electron chi connectivity index (χ2n) is 3.05. The molecule has 14 heavy (non-hydrogen) atoms. The van der Waals surface area contributed by atoms with Gasteiger partial charge < -0.3 is 10.7 Å². The van der Waals surface area contributed by atoms with Crippen LogP contribution in [0.1, 0.15) is 18.9 Å². The normalized spacial score (nSPS) is 9.57. The zero-order valence-electron chi connectivity index (χ0n) is 8.21. The van der Waals surface area contributed by atoms with E-state index in [0.29, 0.717) is 5.11 Å². The van der Waals surface area contributed by atoms with Crippen molar-refractivity contribution in [2.24, 2.45) is 5.84 Å². The highest BCUT2D eigenvalue weighted by molar-refractivity contribution is 7.80. The fraction of sp³-hybridized carbons (Fsp3) is 0.300. The third-order valence-corrected chi connectivity index (χ3v) is 2.10. The standard InChI is InChI=1S/C10H15N3S/c1-2-3-8-4-6-9(7-5-8)12-10(14)13-11/h4-7H,2-3,11H2,1H3,(H2,12,13,14). The molecule has 3 nitrogen and oxygen atoms in total. The second kappa shape index (κ2) is 5.57. The molecule has 0 spiro atoms. The van der Waals surface area contributed by atoms with E-state index in [0.717, 1.165) is 18.5 Å². The van der Waals surface area contributed by atoms with Gasteiger partial charge in [-0.1, -0.05) is 25.5 Å². The lowest BCUT2D eigenvalue weighted by molar-refractivity contribution is 0.922. The summed E-state index contributed by atoms with van der Waals surface area (Å²) in [6.45, 7) is 2.17. The Morgan fingerprint density at radius 2 is 2.00 bits per heavy atom. The molecule has 1 rings (SSSR count). The van der Waals surface area contributed by atoms with Gasteiger partial charge in [0.15, 0.2) is 5.11 Å². The first-order valence-electron chi connectivity index (χ1n) is 4.62. The maximum atomic E-state index is 5.14. The van der Waals surface area contributed by atoms with Gasteiger partial charge in [0.1, 0.15) is 0 Å². The van der Waals surface area contributed by atoms with E-state index in [9.17, 15) is 0 Å². The Bertz CT molecular complexity index is 295. The number of nitrogens with one attached hydrogen (secondary N) is 2. The van der Waals surface area contributed by atoms with Crippen molar-refractivity contribution in [3.63, 3.8) is 0 Å². The molecule has 0 saturated heterocycles. The van der Waals surface area contributed by atoms with Crippen molar-refractivity contribution < 1.29 is 0 Å². The van der Waals surface area contributed by atoms with Crippen molar-refractivity contribution in [3.8, 4) is 0 Å². The predicted octanol–water partition coefficient (Wildman–Crippen LogP) is 1.80. The molecule has 0 aliphatic heterocycles. The Labute approximate surface area is 89.7 Å². The van der Waals surface area contributed by atoms with E-state index in [2.05, 4.69) is 29.8 Å². The van der Waals surface area contributed by atoms with Gasteiger partial charge in [-0.2, -0.15) is 0 Å². The van der Waals surface area contributed by atoms with Crippen LogP contribution in [0.25, 0.3) is 0 Å². The van der Waals surface area contributed by atoms with E-state index in [4.69, 9.17) is 18.1 Å². The van der Waals surface area contributed by atoms with Gasteiger partial charge in [0.25, 0.3) is 0 Å². The highest BCUT2D eigenvalue weighted by atomic mass is 32.1. The van der Waals surface area contributed by atoms with Crippen molar-refractivity contribution >= 4 is 23.0 Å². The van der Waals surface area contributed by atoms with Crippen LogP contribution >= 0.6 is 12.2 Å². The van der Waals surface area contributed by atoms with E-state index in [1.165, 1.54) is 5.56 Å². The summed E-state index contributed by atoms with van der Waals surface area (Å²) in [5, 5.41) is 3.38. The molecule has 0 fully saturated rings. The first-order chi connectivity index (χ1) is 6.76. The minimum atomic E-state index is 0.424. The van der Waals surface area contributed by atoms with Crippen LogP contribution in [0.5, 0.6) is 0 Å². The maximum absolute atomic E-state index is 5.14. The summed E-state index contributed by atoms with van der Waals surface area (Å²) in [4.78, 5) is 0. The van der Waals surface area contributed by atoms with E-state index in [1.807, 2.05) is 12.1 Å². The first-order valence-corrected chi connectivity index (χ1v) is 5.03. The van der Waals surface area contributed by atoms with Gasteiger partial charge >= 0.3 is 0 Å². The fourth-order valence-corrected chi connectivity index (χ4v) is 1.33. The molecule has 0 aromatic heterocycles. The summed E-state index contributed by atoms with van der Waals surface area (Å²) < 4.78 is 0. The fourth-order valence-electron chi connectivity index (χ4n) is 1.21. The molecule has 0 amide bonds. The summed E-state index contributed by atoms with van der Waals surface area (Å²) in [5.41, 5.74) is 4.66. The Balaban J connectivity index is 2.59. The summed E-state index contributed by atoms with van der Waals surface area (Å²) in [6.07, 6.45) is 2.27. The summed E-state index contributed by atoms with van der Waals surface area (Å²) in [6, 6.07) is 8.17. The summed E-state index contributed by atoms with van der Waals surface area (Å²) in [7, 11) is 0. The number of rotatable bonds is 3. The topological polar surface area (TPSA) is 50.1 Å². The summed E-state index contributed by atoms with van der Waals surface area (Å²) >= 11 is 4.87. The van der Waals surface area contributed by atoms with Gasteiger partial charge in [-0.05, 0) is 36.3 Å². The van der Waals surface area contributed by atoms with Gasteiger partial charge in [-0.15, -0.1) is 0 Å². The number of hydrogen-bond acceptors (Lipinski definition) is 2. The molecular formula is C10H15N3S. The zero-order chi connectivity index (χ0) is 10.4. The molecule has 0 aliphatic carbocycles. The lowest BCUT2D eigenvalue weighted by Gasteiger charge is -2.07. The molecule has 0 atom stereocenters. The number of nitrogens with two attached hydrogens (primary N) is 1. The molecule has 0 heterocycles. The zero-order valence-corrected chi connectivity index (χ0v) is 9.03. The number of thiocarbonyl (C=S) groups is 1. The molecule has 1 aromatic rings. The highest BCUT2D eigenvalue weighted by Crippen LogP contribution is 2.10. The van der Waals surface area contributed by atoms with E-state index >= 15 is 0 Å². The smallest absolute Gasteiger partial charge is 0.185 e. The van der Waals surface area contributed by atoms with Crippen molar-refractivity contribution in [2.45, 2.75) is 19.8 Å². The maximum Gasteiger partial charge on any atom is 0.185 e. The summed E-state index contributed by atoms with van der Waals surface area (Å²) in [5.74, 6) is 5.14. The molecule has 1 aromatic carbocycles. The average Bonchev–Trinajstić information content (AvgIpc) is 2.21. The number of aryl methyl sites for hydroxylation is 1. The lowest BCUT2D eigenvalue weighted by Crippen LogP contribution is -2.34. The number of hydrazine groups is 1. The average molecular weight is 209 g/mol. The SMILES string of the molecule is CCCc1ccc(NC(=S)NN)cc1. The second-order valence-corrected chi connectivity index (χ2v) is 3.45. The molecule has 76 valence electrons. The monoisotopic (exact) mass is 209 g/mol. The van der Waals surface area contributed by atoms with E-state index < -0.39 is 0 Å². The van der Waals surface area contributed by atoms with Crippen LogP contribution in [0.2, 0.25) is 0 Å². The van der Waals surface area contributed by atoms with Crippen molar-refractivity contribution in [3.05, 3.63) is 29.8 Å². The molecule has 0 saturated carbocycles. The molecule has 0 unspecified atom stereocenters. The third kappa shape index (κ3) is 3.32. The number of benzene rings is 1. The van der Waals surface area contributed by atoms with Gasteiger partial charge in [-0.25, -0.2) is 5.84 Å². The van der Waals surface area contributed by atoms with Crippen molar-refractivity contribution in [2.75, 3.05) is 5.32 Å². The van der Waals surface area contributed by atoms with Gasteiger partial charge in [0.2, 0.25) is 0 Å². The Kier molecular flexibility index (Phi) is 4.35. The first kappa shape index (κ1) is 10.9. The predicted molar refractivity (Wildman–Crippen MR) is 64.0 cm³/mol. The number of hydrogen-bond donors (Lipinski definition) is 3. The molecule has 0 bridgehead atoms. The van der Waals surface area contributed by atoms with Crippen LogP contribution in [0.15, 0.2) is 24.3 Å². The van der Waals surface area contributed by atoms with Crippen LogP contribution in [-0.2, 0) is 6.42 Å². The Hall–Kier alpha value is -1.13. The Morgan fingerprint density at radius 1 is 1.36 bits per heavy atom. The van der Waals surface area contributed by atoms with Crippen molar-refractivity contribution in [1.29, 1.82) is 0 Å². The van der Waals surface area contributed by atoms with Gasteiger partial charge in [0, 0.05) is 5.69 Å². The molecule has 4 N–H and O–H groups in total. The highest BCUT2D eigenvalue weighted by Gasteiger charge is 1.95. The third-order valence-electron chi connectivity index (χ3n) is 1.88. The molecule has 0 radical (unpaired) electrons. The van der Waals surface area contributed by atoms with Crippen LogP contribution in [-0.4, -0.2) is 5.11 Å². The van der Waals surface area contributed by atoms with Crippen LogP contribution < -0.4 is 16.6 Å². The van der Waals surface area contributed by atoms with Crippen molar-refractivity contribution in [1.82, 2.24) is 5.43 Å². The quantitative estimate of drug-likeness (QED) is 0.403. The van der Waals surface area contributed by atoms with Gasteiger partial charge in [0.05, 0.1) is 0 Å². The van der Waals surface area contributed by atoms with E-state index in [1.54, 1.807) is 0 Å². The van der Waals surface area contributed by atoms with E-state index in [-0.39, 0.29) is 0 Å². The Morgan fingerprint density at radius 3 is 2.50 bits per heavy atom. The molecule has 0 aliphatic rings. The lowest BCUT2D eigenvalue weighted by atomic mass is 10.1. The number of anilines is 1. The minimum absolute atomic E-state index is 0.424. The van der Waals surface area contributed by atoms with Crippen LogP contribution in [0, 0.1) is 0 Å². The molecular weight excluding hydrogens is 194 g/mol. The van der Waals surface area contributed by atoms with Crippen LogP contribution in [0.4, 0.5) is 5.69 Å². The van der Waals surface area contributed by atoms with Crippen LogP contribution in [0.3, 0.4) is 0 Å². The minimum Gasteiger partial charge on any atom is -0.332 e. The largest absolute Gasteiger partial charge is 0.332 e. The molecule has 4 heteroatoms.